The topological polar surface area (TPSA) is 123 Å². The molecule has 1 fully saturated rings. The molecule has 3 atom stereocenters. The molecule has 0 saturated carbocycles. The molecule has 47 heavy (non-hydrogen) atoms. The number of phenols is 1. The number of hydrogen-bond acceptors (Lipinski definition) is 8. The highest BCUT2D eigenvalue weighted by atomic mass is 16.5. The zero-order chi connectivity index (χ0) is 33.1. The van der Waals surface area contributed by atoms with Gasteiger partial charge in [-0.3, -0.25) is 0 Å². The van der Waals surface area contributed by atoms with Crippen molar-refractivity contribution in [3.8, 4) is 5.75 Å². The summed E-state index contributed by atoms with van der Waals surface area (Å²) in [6, 6.07) is 22.1. The first kappa shape index (κ1) is 37.0. The highest BCUT2D eigenvalue weighted by Crippen LogP contribution is 2.30. The smallest absolute Gasteiger partial charge is 0.121 e. The summed E-state index contributed by atoms with van der Waals surface area (Å²) in [4.78, 5) is 0. The van der Waals surface area contributed by atoms with Gasteiger partial charge in [-0.25, -0.2) is 0 Å². The van der Waals surface area contributed by atoms with Gasteiger partial charge in [-0.2, -0.15) is 0 Å². The molecule has 0 amide bonds. The lowest BCUT2D eigenvalue weighted by atomic mass is 9.85. The molecule has 3 unspecified atom stereocenters. The highest BCUT2D eigenvalue weighted by Gasteiger charge is 2.28. The Morgan fingerprint density at radius 1 is 0.745 bits per heavy atom. The van der Waals surface area contributed by atoms with Gasteiger partial charge in [0.1, 0.15) is 5.75 Å². The van der Waals surface area contributed by atoms with Crippen molar-refractivity contribution in [3.05, 3.63) is 100 Å². The van der Waals surface area contributed by atoms with Crippen molar-refractivity contribution in [2.45, 2.75) is 89.1 Å². The van der Waals surface area contributed by atoms with Crippen LogP contribution in [0, 0.1) is 0 Å². The van der Waals surface area contributed by atoms with Crippen LogP contribution in [0.15, 0.2) is 66.7 Å². The summed E-state index contributed by atoms with van der Waals surface area (Å²) in [6.07, 6.45) is 8.92. The lowest BCUT2D eigenvalue weighted by Crippen LogP contribution is -2.48. The maximum Gasteiger partial charge on any atom is 0.121 e. The van der Waals surface area contributed by atoms with E-state index in [1.807, 2.05) is 30.3 Å². The van der Waals surface area contributed by atoms with Crippen molar-refractivity contribution in [3.63, 3.8) is 0 Å². The predicted molar refractivity (Wildman–Crippen MR) is 187 cm³/mol. The standard InChI is InChI=1S/C39H56N2O6/c42-27-34-25-33(39(45)26-40-19-7-1-2-8-21-46-22-9-6-12-30-10-4-3-5-11-30)14-13-31(34)18-23-47-29-36(37-17-20-41-37)32-15-16-38(44)35(24-32)28-43/h3-5,10-11,13-16,24-25,36-37,39-45H,1-2,6-9,12,17-23,26-29H2. The predicted octanol–water partition coefficient (Wildman–Crippen LogP) is 5.30. The molecule has 258 valence electrons. The van der Waals surface area contributed by atoms with Crippen LogP contribution in [0.1, 0.15) is 90.3 Å². The Labute approximate surface area is 281 Å². The normalized spacial score (nSPS) is 15.8. The molecule has 1 heterocycles. The Morgan fingerprint density at radius 3 is 2.21 bits per heavy atom. The Kier molecular flexibility index (Phi) is 16.7. The fraction of sp³-hybridized carbons (Fsp3) is 0.538. The monoisotopic (exact) mass is 648 g/mol. The van der Waals surface area contributed by atoms with E-state index in [0.717, 1.165) is 93.5 Å². The molecule has 4 rings (SSSR count). The van der Waals surface area contributed by atoms with Crippen LogP contribution < -0.4 is 10.6 Å². The quantitative estimate of drug-likeness (QED) is 0.0724. The van der Waals surface area contributed by atoms with Gasteiger partial charge in [0.25, 0.3) is 0 Å². The van der Waals surface area contributed by atoms with Crippen LogP contribution in [-0.4, -0.2) is 72.5 Å². The van der Waals surface area contributed by atoms with Crippen LogP contribution >= 0.6 is 0 Å². The number of hydrogen-bond donors (Lipinski definition) is 6. The lowest BCUT2D eigenvalue weighted by molar-refractivity contribution is 0.101. The van der Waals surface area contributed by atoms with Gasteiger partial charge in [0.2, 0.25) is 0 Å². The molecular weight excluding hydrogens is 592 g/mol. The second-order valence-electron chi connectivity index (χ2n) is 12.7. The summed E-state index contributed by atoms with van der Waals surface area (Å²) in [5, 5.41) is 47.2. The molecular formula is C39H56N2O6. The van der Waals surface area contributed by atoms with Gasteiger partial charge in [-0.15, -0.1) is 0 Å². The Hall–Kier alpha value is -2.82. The summed E-state index contributed by atoms with van der Waals surface area (Å²) in [5.41, 5.74) is 5.58. The third-order valence-electron chi connectivity index (χ3n) is 9.23. The van der Waals surface area contributed by atoms with Crippen molar-refractivity contribution in [2.75, 3.05) is 46.1 Å². The number of aryl methyl sites for hydroxylation is 1. The molecule has 8 nitrogen and oxygen atoms in total. The molecule has 1 aliphatic heterocycles. The number of nitrogens with one attached hydrogen (secondary N) is 2. The minimum Gasteiger partial charge on any atom is -0.508 e. The second kappa shape index (κ2) is 21.2. The van der Waals surface area contributed by atoms with Gasteiger partial charge >= 0.3 is 0 Å². The SMILES string of the molecule is OCc1cc(C(COCCc2ccc(C(O)CNCCCCCCOCCCCc3ccccc3)cc2CO)C2CCN2)ccc1O. The number of aliphatic hydroxyl groups excluding tert-OH is 3. The molecule has 0 aromatic heterocycles. The molecule has 0 spiro atoms. The van der Waals surface area contributed by atoms with Crippen LogP contribution in [0.2, 0.25) is 0 Å². The van der Waals surface area contributed by atoms with Gasteiger partial charge in [0.15, 0.2) is 0 Å². The number of aliphatic hydroxyl groups is 3. The summed E-state index contributed by atoms with van der Waals surface area (Å²) in [6.45, 7) is 4.72. The van der Waals surface area contributed by atoms with Crippen LogP contribution in [0.25, 0.3) is 0 Å². The highest BCUT2D eigenvalue weighted by molar-refractivity contribution is 5.38. The van der Waals surface area contributed by atoms with Crippen molar-refractivity contribution >= 4 is 0 Å². The fourth-order valence-electron chi connectivity index (χ4n) is 6.14. The molecule has 3 aromatic rings. The molecule has 0 bridgehead atoms. The summed E-state index contributed by atoms with van der Waals surface area (Å²) >= 11 is 0. The minimum absolute atomic E-state index is 0.0905. The lowest BCUT2D eigenvalue weighted by Gasteiger charge is -2.35. The van der Waals surface area contributed by atoms with E-state index in [1.54, 1.807) is 6.07 Å². The van der Waals surface area contributed by atoms with E-state index >= 15 is 0 Å². The molecule has 8 heteroatoms. The van der Waals surface area contributed by atoms with Gasteiger partial charge in [0, 0.05) is 37.3 Å². The van der Waals surface area contributed by atoms with Gasteiger partial charge in [0.05, 0.1) is 32.5 Å². The van der Waals surface area contributed by atoms with Crippen molar-refractivity contribution in [2.24, 2.45) is 0 Å². The number of unbranched alkanes of at least 4 members (excludes halogenated alkanes) is 4. The molecule has 6 N–H and O–H groups in total. The number of rotatable bonds is 24. The van der Waals surface area contributed by atoms with Gasteiger partial charge < -0.3 is 40.5 Å². The fourth-order valence-corrected chi connectivity index (χ4v) is 6.14. The van der Waals surface area contributed by atoms with Crippen LogP contribution in [0.5, 0.6) is 5.75 Å². The Morgan fingerprint density at radius 2 is 1.47 bits per heavy atom. The first-order chi connectivity index (χ1) is 23.1. The summed E-state index contributed by atoms with van der Waals surface area (Å²) in [5.74, 6) is 0.225. The molecule has 1 saturated heterocycles. The first-order valence-electron chi connectivity index (χ1n) is 17.6. The third-order valence-corrected chi connectivity index (χ3v) is 9.23. The number of ether oxygens (including phenoxy) is 2. The van der Waals surface area contributed by atoms with E-state index < -0.39 is 6.10 Å². The maximum atomic E-state index is 10.8. The van der Waals surface area contributed by atoms with E-state index in [9.17, 15) is 20.4 Å². The van der Waals surface area contributed by atoms with Crippen molar-refractivity contribution in [1.82, 2.24) is 10.6 Å². The maximum absolute atomic E-state index is 10.8. The van der Waals surface area contributed by atoms with Crippen molar-refractivity contribution in [1.29, 1.82) is 0 Å². The summed E-state index contributed by atoms with van der Waals surface area (Å²) in [7, 11) is 0. The third kappa shape index (κ3) is 12.6. The van der Waals surface area contributed by atoms with Gasteiger partial charge in [-0.1, -0.05) is 67.4 Å². The van der Waals surface area contributed by atoms with E-state index in [4.69, 9.17) is 9.47 Å². The van der Waals surface area contributed by atoms with Crippen LogP contribution in [0.3, 0.4) is 0 Å². The van der Waals surface area contributed by atoms with Crippen LogP contribution in [0.4, 0.5) is 0 Å². The largest absolute Gasteiger partial charge is 0.508 e. The van der Waals surface area contributed by atoms with Crippen molar-refractivity contribution < 1.29 is 29.9 Å². The summed E-state index contributed by atoms with van der Waals surface area (Å²) < 4.78 is 11.9. The zero-order valence-corrected chi connectivity index (χ0v) is 27.9. The van der Waals surface area contributed by atoms with Crippen LogP contribution in [-0.2, 0) is 35.5 Å². The molecule has 0 radical (unpaired) electrons. The molecule has 3 aromatic carbocycles. The Balaban J connectivity index is 1.06. The first-order valence-corrected chi connectivity index (χ1v) is 17.6. The van der Waals surface area contributed by atoms with E-state index in [1.165, 1.54) is 12.0 Å². The van der Waals surface area contributed by atoms with E-state index in [2.05, 4.69) is 41.0 Å². The minimum atomic E-state index is -0.634. The van der Waals surface area contributed by atoms with Gasteiger partial charge in [-0.05, 0) is 98.0 Å². The molecule has 1 aliphatic rings. The van der Waals surface area contributed by atoms with E-state index in [0.29, 0.717) is 37.8 Å². The average molecular weight is 649 g/mol. The number of benzene rings is 3. The Bertz CT molecular complexity index is 1290. The zero-order valence-electron chi connectivity index (χ0n) is 27.9. The second-order valence-corrected chi connectivity index (χ2v) is 12.7. The van der Waals surface area contributed by atoms with E-state index in [-0.39, 0.29) is 24.9 Å². The average Bonchev–Trinajstić information content (AvgIpc) is 3.08. The molecule has 0 aliphatic carbocycles. The number of aromatic hydroxyl groups is 1.